The maximum Gasteiger partial charge on any atom is 0.256 e. The van der Waals surface area contributed by atoms with Crippen molar-refractivity contribution in [3.63, 3.8) is 0 Å². The maximum absolute atomic E-state index is 13.7. The van der Waals surface area contributed by atoms with E-state index in [4.69, 9.17) is 0 Å². The average molecular weight is 343 g/mol. The van der Waals surface area contributed by atoms with Gasteiger partial charge < -0.3 is 0 Å². The summed E-state index contributed by atoms with van der Waals surface area (Å²) in [7, 11) is 1.72. The van der Waals surface area contributed by atoms with Gasteiger partial charge in [0, 0.05) is 24.6 Å². The van der Waals surface area contributed by atoms with Crippen LogP contribution in [0.2, 0.25) is 0 Å². The first-order chi connectivity index (χ1) is 12.0. The van der Waals surface area contributed by atoms with Crippen molar-refractivity contribution in [1.82, 2.24) is 9.91 Å². The Morgan fingerprint density at radius 2 is 1.96 bits per heavy atom. The van der Waals surface area contributed by atoms with Gasteiger partial charge in [-0.25, -0.2) is 13.8 Å². The predicted molar refractivity (Wildman–Crippen MR) is 92.0 cm³/mol. The largest absolute Gasteiger partial charge is 0.293 e. The van der Waals surface area contributed by atoms with E-state index in [2.05, 4.69) is 5.10 Å². The first kappa shape index (κ1) is 17.2. The van der Waals surface area contributed by atoms with Crippen molar-refractivity contribution < 1.29 is 13.6 Å². The van der Waals surface area contributed by atoms with E-state index < -0.39 is 11.6 Å². The van der Waals surface area contributed by atoms with Gasteiger partial charge in [-0.2, -0.15) is 5.10 Å². The Balaban J connectivity index is 1.59. The van der Waals surface area contributed by atoms with Crippen LogP contribution in [0.1, 0.15) is 17.5 Å². The number of carbonyl (C=O) groups is 1. The quantitative estimate of drug-likeness (QED) is 0.837. The average Bonchev–Trinajstić information content (AvgIpc) is 3.08. The zero-order valence-corrected chi connectivity index (χ0v) is 14.0. The van der Waals surface area contributed by atoms with Crippen molar-refractivity contribution in [2.24, 2.45) is 5.10 Å². The van der Waals surface area contributed by atoms with Crippen LogP contribution < -0.4 is 0 Å². The molecule has 0 atom stereocenters. The fourth-order valence-electron chi connectivity index (χ4n) is 2.78. The molecule has 0 bridgehead atoms. The minimum absolute atomic E-state index is 0.113. The molecule has 1 aliphatic heterocycles. The summed E-state index contributed by atoms with van der Waals surface area (Å²) < 4.78 is 26.7. The molecule has 1 amide bonds. The van der Waals surface area contributed by atoms with Crippen LogP contribution in [-0.2, 0) is 11.3 Å². The lowest BCUT2D eigenvalue weighted by Gasteiger charge is -2.19. The van der Waals surface area contributed by atoms with Crippen LogP contribution >= 0.6 is 0 Å². The van der Waals surface area contributed by atoms with E-state index in [9.17, 15) is 13.6 Å². The van der Waals surface area contributed by atoms with Gasteiger partial charge in [-0.15, -0.1) is 0 Å². The Kier molecular flexibility index (Phi) is 5.19. The summed E-state index contributed by atoms with van der Waals surface area (Å²) >= 11 is 0. The van der Waals surface area contributed by atoms with Gasteiger partial charge >= 0.3 is 0 Å². The number of halogens is 2. The monoisotopic (exact) mass is 343 g/mol. The first-order valence-corrected chi connectivity index (χ1v) is 8.08. The summed E-state index contributed by atoms with van der Waals surface area (Å²) in [6.07, 6.45) is 0.714. The van der Waals surface area contributed by atoms with Crippen molar-refractivity contribution in [2.45, 2.75) is 13.0 Å². The van der Waals surface area contributed by atoms with Crippen molar-refractivity contribution in [1.29, 1.82) is 0 Å². The van der Waals surface area contributed by atoms with Crippen molar-refractivity contribution >= 4 is 11.6 Å². The maximum atomic E-state index is 13.7. The Bertz CT molecular complexity index is 793. The van der Waals surface area contributed by atoms with Crippen molar-refractivity contribution in [3.05, 3.63) is 71.3 Å². The van der Waals surface area contributed by atoms with Crippen molar-refractivity contribution in [2.75, 3.05) is 20.1 Å². The molecular weight excluding hydrogens is 324 g/mol. The van der Waals surface area contributed by atoms with E-state index in [1.807, 2.05) is 30.3 Å². The fraction of sp³-hybridized carbons (Fsp3) is 0.263. The molecule has 130 valence electrons. The lowest BCUT2D eigenvalue weighted by Crippen LogP contribution is -2.34. The van der Waals surface area contributed by atoms with Gasteiger partial charge in [-0.05, 0) is 18.7 Å². The zero-order valence-electron chi connectivity index (χ0n) is 14.0. The highest BCUT2D eigenvalue weighted by Gasteiger charge is 2.22. The summed E-state index contributed by atoms with van der Waals surface area (Å²) in [6, 6.07) is 13.2. The zero-order chi connectivity index (χ0) is 17.8. The molecule has 2 aromatic rings. The molecule has 4 nitrogen and oxygen atoms in total. The van der Waals surface area contributed by atoms with E-state index in [0.717, 1.165) is 17.3 Å². The molecule has 0 saturated heterocycles. The predicted octanol–water partition coefficient (Wildman–Crippen LogP) is 3.03. The highest BCUT2D eigenvalue weighted by molar-refractivity contribution is 6.02. The molecule has 0 N–H and O–H groups in total. The molecule has 0 spiro atoms. The number of amides is 1. The molecule has 3 rings (SSSR count). The van der Waals surface area contributed by atoms with Gasteiger partial charge in [0.05, 0.1) is 18.8 Å². The number of nitrogens with zero attached hydrogens (tertiary/aromatic N) is 3. The Morgan fingerprint density at radius 1 is 1.20 bits per heavy atom. The number of hydrazone groups is 1. The molecular formula is C19H19F2N3O. The van der Waals surface area contributed by atoms with Crippen LogP contribution in [0.3, 0.4) is 0 Å². The van der Waals surface area contributed by atoms with Gasteiger partial charge in [0.1, 0.15) is 11.6 Å². The fourth-order valence-corrected chi connectivity index (χ4v) is 2.78. The SMILES string of the molecule is CN(CC(=O)N1CCC(c2ccccc2)=N1)Cc1ccc(F)cc1F. The summed E-state index contributed by atoms with van der Waals surface area (Å²) in [5, 5.41) is 5.86. The first-order valence-electron chi connectivity index (χ1n) is 8.08. The Morgan fingerprint density at radius 3 is 2.68 bits per heavy atom. The van der Waals surface area contributed by atoms with Crippen LogP contribution in [0.25, 0.3) is 0 Å². The molecule has 0 aliphatic carbocycles. The Labute approximate surface area is 145 Å². The number of carbonyl (C=O) groups excluding carboxylic acids is 1. The second kappa shape index (κ2) is 7.53. The van der Waals surface area contributed by atoms with Gasteiger partial charge in [-0.3, -0.25) is 9.69 Å². The molecule has 2 aromatic carbocycles. The topological polar surface area (TPSA) is 35.9 Å². The van der Waals surface area contributed by atoms with Crippen LogP contribution in [-0.4, -0.2) is 41.7 Å². The molecule has 0 fully saturated rings. The summed E-state index contributed by atoms with van der Waals surface area (Å²) in [4.78, 5) is 14.1. The van der Waals surface area contributed by atoms with E-state index in [1.165, 1.54) is 17.1 Å². The van der Waals surface area contributed by atoms with Gasteiger partial charge in [0.25, 0.3) is 5.91 Å². The third-order valence-electron chi connectivity index (χ3n) is 4.06. The van der Waals surface area contributed by atoms with E-state index in [1.54, 1.807) is 11.9 Å². The second-order valence-corrected chi connectivity index (χ2v) is 6.09. The van der Waals surface area contributed by atoms with Gasteiger partial charge in [0.2, 0.25) is 0 Å². The second-order valence-electron chi connectivity index (χ2n) is 6.09. The minimum atomic E-state index is -0.611. The van der Waals surface area contributed by atoms with Crippen LogP contribution in [0.15, 0.2) is 53.6 Å². The number of hydrogen-bond donors (Lipinski definition) is 0. The number of rotatable bonds is 5. The third kappa shape index (κ3) is 4.28. The molecule has 0 radical (unpaired) electrons. The highest BCUT2D eigenvalue weighted by Crippen LogP contribution is 2.15. The third-order valence-corrected chi connectivity index (χ3v) is 4.06. The standard InChI is InChI=1S/C19H19F2N3O/c1-23(12-15-7-8-16(20)11-17(15)21)13-19(25)24-10-9-18(22-24)14-5-3-2-4-6-14/h2-8,11H,9-10,12-13H2,1H3. The molecule has 1 heterocycles. The molecule has 6 heteroatoms. The summed E-state index contributed by atoms with van der Waals surface area (Å²) in [5.41, 5.74) is 2.26. The summed E-state index contributed by atoms with van der Waals surface area (Å²) in [5.74, 6) is -1.36. The van der Waals surface area contributed by atoms with Crippen LogP contribution in [0.4, 0.5) is 8.78 Å². The van der Waals surface area contributed by atoms with E-state index in [-0.39, 0.29) is 19.0 Å². The van der Waals surface area contributed by atoms with Crippen LogP contribution in [0, 0.1) is 11.6 Å². The number of hydrogen-bond acceptors (Lipinski definition) is 3. The lowest BCUT2D eigenvalue weighted by atomic mass is 10.1. The molecule has 0 unspecified atom stereocenters. The van der Waals surface area contributed by atoms with E-state index in [0.29, 0.717) is 18.5 Å². The number of benzene rings is 2. The van der Waals surface area contributed by atoms with Crippen LogP contribution in [0.5, 0.6) is 0 Å². The Hall–Kier alpha value is -2.60. The lowest BCUT2D eigenvalue weighted by molar-refractivity contribution is -0.131. The smallest absolute Gasteiger partial charge is 0.256 e. The van der Waals surface area contributed by atoms with Gasteiger partial charge in [-0.1, -0.05) is 36.4 Å². The summed E-state index contributed by atoms with van der Waals surface area (Å²) in [6.45, 7) is 0.880. The number of likely N-dealkylation sites (N-methyl/N-ethyl adjacent to an activating group) is 1. The molecule has 25 heavy (non-hydrogen) atoms. The van der Waals surface area contributed by atoms with Crippen molar-refractivity contribution in [3.8, 4) is 0 Å². The molecule has 0 aromatic heterocycles. The van der Waals surface area contributed by atoms with E-state index >= 15 is 0 Å². The van der Waals surface area contributed by atoms with Gasteiger partial charge in [0.15, 0.2) is 0 Å². The normalized spacial score (nSPS) is 14.1. The molecule has 1 aliphatic rings. The highest BCUT2D eigenvalue weighted by atomic mass is 19.1. The minimum Gasteiger partial charge on any atom is -0.293 e. The molecule has 0 saturated carbocycles.